The minimum atomic E-state index is -4.13. The Kier molecular flexibility index (Phi) is 27.5. The summed E-state index contributed by atoms with van der Waals surface area (Å²) in [7, 11) is 0. The molecule has 232 valence electrons. The quantitative estimate of drug-likeness (QED) is 0.0488. The summed E-state index contributed by atoms with van der Waals surface area (Å²) in [6.07, 6.45) is 14.8. The summed E-state index contributed by atoms with van der Waals surface area (Å²) in [4.78, 5) is 26.9. The average molecular weight is 700 g/mol. The number of unbranched alkanes of at least 4 members (excludes halogenated alkanes) is 10. The molecule has 2 atom stereocenters. The van der Waals surface area contributed by atoms with Gasteiger partial charge in [-0.3, -0.25) is 0 Å². The van der Waals surface area contributed by atoms with Gasteiger partial charge >= 0.3 is 258 Å². The van der Waals surface area contributed by atoms with E-state index >= 15 is 0 Å². The predicted molar refractivity (Wildman–Crippen MR) is 171 cm³/mol. The van der Waals surface area contributed by atoms with E-state index in [1.807, 2.05) is 13.8 Å². The molecule has 39 heavy (non-hydrogen) atoms. The summed E-state index contributed by atoms with van der Waals surface area (Å²) in [5.74, 6) is -0.457. The molecule has 0 aromatic heterocycles. The van der Waals surface area contributed by atoms with Crippen LogP contribution in [0.1, 0.15) is 118 Å². The van der Waals surface area contributed by atoms with Gasteiger partial charge in [-0.05, 0) is 0 Å². The predicted octanol–water partition coefficient (Wildman–Crippen LogP) is 8.18. The fourth-order valence-electron chi connectivity index (χ4n) is 4.54. The zero-order valence-electron chi connectivity index (χ0n) is 25.6. The molecule has 0 radical (unpaired) electrons. The Morgan fingerprint density at radius 2 is 0.949 bits per heavy atom. The topological polar surface area (TPSA) is 71.1 Å². The summed E-state index contributed by atoms with van der Waals surface area (Å²) >= 11 is 4.75. The molecular weight excluding hydrogens is 639 g/mol. The third-order valence-electron chi connectivity index (χ3n) is 7.13. The number of rotatable bonds is 28. The summed E-state index contributed by atoms with van der Waals surface area (Å²) in [5, 5.41) is 0. The Hall–Kier alpha value is 0.359. The second kappa shape index (κ2) is 27.2. The Morgan fingerprint density at radius 3 is 1.28 bits per heavy atom. The van der Waals surface area contributed by atoms with Gasteiger partial charge in [0.05, 0.1) is 0 Å². The summed E-state index contributed by atoms with van der Waals surface area (Å²) < 4.78 is 25.3. The van der Waals surface area contributed by atoms with Crippen LogP contribution in [0.25, 0.3) is 0 Å². The third kappa shape index (κ3) is 20.0. The molecule has 0 bridgehead atoms. The molecule has 0 saturated heterocycles. The first-order chi connectivity index (χ1) is 18.9. The normalized spacial score (nSPS) is 13.3. The van der Waals surface area contributed by atoms with Crippen molar-refractivity contribution in [3.05, 3.63) is 0 Å². The number of hydrogen-bond donors (Lipinski definition) is 2. The molecule has 0 aromatic carbocycles. The van der Waals surface area contributed by atoms with E-state index in [-0.39, 0.29) is 23.8 Å². The van der Waals surface area contributed by atoms with Gasteiger partial charge in [-0.15, -0.1) is 0 Å². The molecule has 0 aliphatic carbocycles. The second-order valence-electron chi connectivity index (χ2n) is 10.5. The Morgan fingerprint density at radius 1 is 0.590 bits per heavy atom. The van der Waals surface area contributed by atoms with Gasteiger partial charge in [0.25, 0.3) is 0 Å². The second-order valence-corrected chi connectivity index (χ2v) is 20.5. The molecule has 0 amide bonds. The summed E-state index contributed by atoms with van der Waals surface area (Å²) in [5.41, 5.74) is 0. The molecule has 0 fully saturated rings. The van der Waals surface area contributed by atoms with E-state index in [0.29, 0.717) is 50.8 Å². The van der Waals surface area contributed by atoms with Crippen LogP contribution >= 0.6 is 25.3 Å². The number of ether oxygens (including phenoxy) is 2. The van der Waals surface area contributed by atoms with Crippen molar-refractivity contribution in [1.82, 2.24) is 0 Å². The van der Waals surface area contributed by atoms with Crippen LogP contribution in [0, 0.1) is 11.8 Å². The molecule has 6 nitrogen and oxygen atoms in total. The van der Waals surface area contributed by atoms with Gasteiger partial charge in [-0.1, -0.05) is 0 Å². The van der Waals surface area contributed by atoms with Gasteiger partial charge < -0.3 is 0 Å². The van der Waals surface area contributed by atoms with Gasteiger partial charge in [-0.2, -0.15) is 0 Å². The van der Waals surface area contributed by atoms with Crippen LogP contribution < -0.4 is 0 Å². The zero-order chi connectivity index (χ0) is 29.2. The first-order valence-electron chi connectivity index (χ1n) is 15.8. The van der Waals surface area contributed by atoms with Gasteiger partial charge in [0.2, 0.25) is 0 Å². The molecule has 0 N–H and O–H groups in total. The van der Waals surface area contributed by atoms with Crippen molar-refractivity contribution in [3.63, 3.8) is 0 Å². The fourth-order valence-corrected chi connectivity index (χ4v) is 14.7. The van der Waals surface area contributed by atoms with Crippen molar-refractivity contribution >= 4 is 56.4 Å². The zero-order valence-corrected chi connectivity index (χ0v) is 30.2. The maximum absolute atomic E-state index is 13.5. The van der Waals surface area contributed by atoms with E-state index in [9.17, 15) is 9.59 Å². The molecule has 9 heteroatoms. The van der Waals surface area contributed by atoms with Gasteiger partial charge in [0.15, 0.2) is 0 Å². The Bertz CT molecular complexity index is 546. The van der Waals surface area contributed by atoms with E-state index in [1.165, 1.54) is 38.5 Å². The molecule has 0 spiro atoms. The SMILES string of the molecule is CCCCCCC[CH2][Sn]([CH2]CCCCCCC)([O]C(=O)C(CS)CCOCC)[O]C(=O)C(CS)CCOCC. The molecule has 2 unspecified atom stereocenters. The van der Waals surface area contributed by atoms with Crippen molar-refractivity contribution in [3.8, 4) is 0 Å². The monoisotopic (exact) mass is 700 g/mol. The van der Waals surface area contributed by atoms with Crippen LogP contribution in [0.5, 0.6) is 0 Å². The van der Waals surface area contributed by atoms with E-state index in [0.717, 1.165) is 47.4 Å². The van der Waals surface area contributed by atoms with Crippen LogP contribution in [0.3, 0.4) is 0 Å². The molecule has 0 aliphatic rings. The fraction of sp³-hybridized carbons (Fsp3) is 0.933. The van der Waals surface area contributed by atoms with Crippen LogP contribution in [0.4, 0.5) is 0 Å². The molecule has 0 rings (SSSR count). The van der Waals surface area contributed by atoms with Crippen molar-refractivity contribution in [1.29, 1.82) is 0 Å². The van der Waals surface area contributed by atoms with Crippen molar-refractivity contribution in [2.24, 2.45) is 11.8 Å². The van der Waals surface area contributed by atoms with E-state index in [4.69, 9.17) is 15.6 Å². The van der Waals surface area contributed by atoms with E-state index in [2.05, 4.69) is 39.1 Å². The molecule has 0 heterocycles. The van der Waals surface area contributed by atoms with Crippen LogP contribution in [-0.4, -0.2) is 69.1 Å². The van der Waals surface area contributed by atoms with Crippen molar-refractivity contribution in [2.75, 3.05) is 37.9 Å². The van der Waals surface area contributed by atoms with Crippen LogP contribution in [-0.2, 0) is 25.2 Å². The first-order valence-corrected chi connectivity index (χ1v) is 23.4. The Labute approximate surface area is 256 Å². The minimum absolute atomic E-state index is 0.262. The van der Waals surface area contributed by atoms with Crippen molar-refractivity contribution < 1.29 is 25.2 Å². The summed E-state index contributed by atoms with van der Waals surface area (Å²) in [6.45, 7) is 10.5. The van der Waals surface area contributed by atoms with Gasteiger partial charge in [0.1, 0.15) is 0 Å². The number of carbonyl (C=O) groups is 2. The van der Waals surface area contributed by atoms with Crippen LogP contribution in [0.2, 0.25) is 8.87 Å². The van der Waals surface area contributed by atoms with Gasteiger partial charge in [0, 0.05) is 0 Å². The van der Waals surface area contributed by atoms with E-state index < -0.39 is 19.2 Å². The van der Waals surface area contributed by atoms with E-state index in [1.54, 1.807) is 0 Å². The molecule has 0 aliphatic heterocycles. The number of carbonyl (C=O) groups excluding carboxylic acids is 2. The van der Waals surface area contributed by atoms with Crippen molar-refractivity contribution in [2.45, 2.75) is 126 Å². The number of thiol groups is 2. The average Bonchev–Trinajstić information content (AvgIpc) is 2.93. The molecular formula is C30H60O6S2Sn. The first kappa shape index (κ1) is 39.4. The standard InChI is InChI=1S/2C8H17.2C7H14O3S.Sn/c2*1-3-5-7-8-6-4-2;2*1-2-10-4-3-6(5-11)7(8)9;/h2*1,3-8H2,2H3;2*6,11H,2-5H2,1H3,(H,8,9);/q;;;;+2/p-2. The van der Waals surface area contributed by atoms with Gasteiger partial charge in [-0.25, -0.2) is 0 Å². The summed E-state index contributed by atoms with van der Waals surface area (Å²) in [6, 6.07) is 0. The van der Waals surface area contributed by atoms with Crippen LogP contribution in [0.15, 0.2) is 0 Å². The maximum atomic E-state index is 13.5. The Balaban J connectivity index is 5.75. The number of hydrogen-bond acceptors (Lipinski definition) is 8. The third-order valence-corrected chi connectivity index (χ3v) is 17.7. The molecule has 0 saturated carbocycles. The molecule has 0 aromatic rings.